The molecule has 0 saturated carbocycles. The second kappa shape index (κ2) is 6.97. The molecule has 2 aliphatic rings. The molecule has 1 aromatic carbocycles. The standard InChI is InChI=1S/C13H17NO.C6H4/c1-5-12-8-6-7-9-13(12)15-10-11(2)14(3)4;1-2-5-4-6(5)3-1/h1,6-9,11H,10H2,2-4H3;1-4H. The molecule has 1 unspecified atom stereocenters. The minimum absolute atomic E-state index is 0.371. The van der Waals surface area contributed by atoms with Gasteiger partial charge in [0.25, 0.3) is 0 Å². The number of rotatable bonds is 4. The molecular weight excluding hydrogens is 258 g/mol. The van der Waals surface area contributed by atoms with Crippen LogP contribution in [-0.4, -0.2) is 31.6 Å². The van der Waals surface area contributed by atoms with Gasteiger partial charge in [0.1, 0.15) is 12.4 Å². The average Bonchev–Trinajstić information content (AvgIpc) is 3.11. The Morgan fingerprint density at radius 1 is 1.10 bits per heavy atom. The first-order chi connectivity index (χ1) is 10.1. The van der Waals surface area contributed by atoms with Gasteiger partial charge in [0.2, 0.25) is 0 Å². The monoisotopic (exact) mass is 279 g/mol. The molecule has 21 heavy (non-hydrogen) atoms. The summed E-state index contributed by atoms with van der Waals surface area (Å²) in [6, 6.07) is 16.5. The summed E-state index contributed by atoms with van der Waals surface area (Å²) in [5.74, 6) is 3.40. The SMILES string of the molecule is C#Cc1ccccc1OCC(C)N(C)C.c1cc2cc-2c1. The summed E-state index contributed by atoms with van der Waals surface area (Å²) in [5, 5.41) is 0. The smallest absolute Gasteiger partial charge is 0.134 e. The summed E-state index contributed by atoms with van der Waals surface area (Å²) in [6.45, 7) is 2.75. The number of para-hydroxylation sites is 1. The van der Waals surface area contributed by atoms with Crippen molar-refractivity contribution in [2.24, 2.45) is 0 Å². The van der Waals surface area contributed by atoms with Crippen LogP contribution in [0.3, 0.4) is 0 Å². The number of terminal acetylenes is 1. The van der Waals surface area contributed by atoms with Crippen molar-refractivity contribution in [3.05, 3.63) is 54.1 Å². The fraction of sp³-hybridized carbons (Fsp3) is 0.263. The number of nitrogens with zero attached hydrogens (tertiary/aromatic N) is 1. The van der Waals surface area contributed by atoms with Crippen molar-refractivity contribution in [1.29, 1.82) is 0 Å². The summed E-state index contributed by atoms with van der Waals surface area (Å²) in [7, 11) is 4.06. The zero-order valence-electron chi connectivity index (χ0n) is 12.8. The highest BCUT2D eigenvalue weighted by Crippen LogP contribution is 2.32. The van der Waals surface area contributed by atoms with E-state index in [0.717, 1.165) is 11.3 Å². The molecule has 0 radical (unpaired) electrons. The molecule has 0 saturated heterocycles. The third-order valence-corrected chi connectivity index (χ3v) is 3.52. The van der Waals surface area contributed by atoms with E-state index in [4.69, 9.17) is 11.2 Å². The maximum atomic E-state index is 5.67. The molecule has 0 aromatic heterocycles. The van der Waals surface area contributed by atoms with E-state index in [1.165, 1.54) is 11.1 Å². The Labute approximate surface area is 127 Å². The molecule has 2 nitrogen and oxygen atoms in total. The number of likely N-dealkylation sites (N-methyl/N-ethyl adjacent to an activating group) is 1. The normalized spacial score (nSPS) is 12.0. The minimum Gasteiger partial charge on any atom is -0.491 e. The topological polar surface area (TPSA) is 12.5 Å². The number of fused-ring (bicyclic) bond motifs is 1. The molecule has 0 bridgehead atoms. The lowest BCUT2D eigenvalue weighted by atomic mass is 10.2. The molecule has 1 aromatic rings. The zero-order chi connectivity index (χ0) is 15.2. The molecule has 3 rings (SSSR count). The highest BCUT2D eigenvalue weighted by molar-refractivity contribution is 5.80. The first-order valence-electron chi connectivity index (χ1n) is 7.07. The maximum absolute atomic E-state index is 5.67. The first-order valence-corrected chi connectivity index (χ1v) is 7.07. The molecule has 1 atom stereocenters. The minimum atomic E-state index is 0.371. The van der Waals surface area contributed by atoms with Gasteiger partial charge in [-0.25, -0.2) is 0 Å². The molecule has 0 aliphatic heterocycles. The predicted octanol–water partition coefficient (Wildman–Crippen LogP) is 3.66. The van der Waals surface area contributed by atoms with Crippen molar-refractivity contribution < 1.29 is 4.74 Å². The van der Waals surface area contributed by atoms with Crippen LogP contribution in [-0.2, 0) is 0 Å². The first kappa shape index (κ1) is 15.2. The fourth-order valence-corrected chi connectivity index (χ4v) is 1.75. The van der Waals surface area contributed by atoms with E-state index < -0.39 is 0 Å². The van der Waals surface area contributed by atoms with Crippen molar-refractivity contribution in [1.82, 2.24) is 4.90 Å². The highest BCUT2D eigenvalue weighted by atomic mass is 16.5. The largest absolute Gasteiger partial charge is 0.491 e. The fourth-order valence-electron chi connectivity index (χ4n) is 1.75. The summed E-state index contributed by atoms with van der Waals surface area (Å²) < 4.78 is 5.67. The molecule has 0 amide bonds. The second-order valence-corrected chi connectivity index (χ2v) is 5.34. The van der Waals surface area contributed by atoms with Crippen LogP contribution in [0.5, 0.6) is 5.75 Å². The molecular formula is C19H21NO. The third-order valence-electron chi connectivity index (χ3n) is 3.52. The quantitative estimate of drug-likeness (QED) is 0.676. The zero-order valence-corrected chi connectivity index (χ0v) is 12.8. The van der Waals surface area contributed by atoms with Crippen LogP contribution in [0.2, 0.25) is 0 Å². The van der Waals surface area contributed by atoms with Crippen LogP contribution in [0.15, 0.2) is 48.5 Å². The Hall–Kier alpha value is -2.24. The third kappa shape index (κ3) is 4.37. The van der Waals surface area contributed by atoms with Gasteiger partial charge in [0.05, 0.1) is 5.56 Å². The van der Waals surface area contributed by atoms with E-state index >= 15 is 0 Å². The molecule has 0 spiro atoms. The van der Waals surface area contributed by atoms with Gasteiger partial charge >= 0.3 is 0 Å². The van der Waals surface area contributed by atoms with Crippen molar-refractivity contribution in [3.8, 4) is 29.2 Å². The predicted molar refractivity (Wildman–Crippen MR) is 88.5 cm³/mol. The van der Waals surface area contributed by atoms with Gasteiger partial charge in [-0.1, -0.05) is 36.3 Å². The van der Waals surface area contributed by atoms with Crippen LogP contribution in [0, 0.1) is 12.3 Å². The van der Waals surface area contributed by atoms with Crippen LogP contribution in [0.4, 0.5) is 0 Å². The van der Waals surface area contributed by atoms with Crippen molar-refractivity contribution in [3.63, 3.8) is 0 Å². The second-order valence-electron chi connectivity index (χ2n) is 5.34. The Balaban J connectivity index is 0.000000218. The van der Waals surface area contributed by atoms with Crippen molar-refractivity contribution in [2.75, 3.05) is 20.7 Å². The lowest BCUT2D eigenvalue weighted by Gasteiger charge is -2.20. The van der Waals surface area contributed by atoms with Crippen LogP contribution >= 0.6 is 0 Å². The average molecular weight is 279 g/mol. The van der Waals surface area contributed by atoms with Crippen LogP contribution < -0.4 is 4.74 Å². The Kier molecular flexibility index (Phi) is 5.03. The van der Waals surface area contributed by atoms with E-state index in [1.54, 1.807) is 0 Å². The van der Waals surface area contributed by atoms with E-state index in [9.17, 15) is 0 Å². The molecule has 108 valence electrons. The van der Waals surface area contributed by atoms with E-state index in [0.29, 0.717) is 12.6 Å². The Bertz CT molecular complexity index is 623. The molecule has 2 heteroatoms. The summed E-state index contributed by atoms with van der Waals surface area (Å²) in [5.41, 5.74) is 3.66. The molecule has 0 heterocycles. The van der Waals surface area contributed by atoms with E-state index in [1.807, 2.05) is 38.4 Å². The van der Waals surface area contributed by atoms with Crippen LogP contribution in [0.1, 0.15) is 12.5 Å². The number of hydrogen-bond acceptors (Lipinski definition) is 2. The number of hydrogen-bond donors (Lipinski definition) is 0. The Morgan fingerprint density at radius 2 is 1.76 bits per heavy atom. The number of ether oxygens (including phenoxy) is 1. The summed E-state index contributed by atoms with van der Waals surface area (Å²) in [4.78, 5) is 2.11. The summed E-state index contributed by atoms with van der Waals surface area (Å²) in [6.07, 6.45) is 5.38. The van der Waals surface area contributed by atoms with Gasteiger partial charge in [-0.3, -0.25) is 0 Å². The number of benzene rings is 2. The molecule has 0 fully saturated rings. The maximum Gasteiger partial charge on any atom is 0.134 e. The molecule has 0 N–H and O–H groups in total. The van der Waals surface area contributed by atoms with E-state index in [2.05, 4.69) is 42.0 Å². The lowest BCUT2D eigenvalue weighted by Crippen LogP contribution is -2.30. The van der Waals surface area contributed by atoms with E-state index in [-0.39, 0.29) is 0 Å². The van der Waals surface area contributed by atoms with Gasteiger partial charge in [0, 0.05) is 6.04 Å². The van der Waals surface area contributed by atoms with Crippen LogP contribution in [0.25, 0.3) is 11.1 Å². The molecule has 2 aliphatic carbocycles. The van der Waals surface area contributed by atoms with Gasteiger partial charge in [-0.2, -0.15) is 0 Å². The van der Waals surface area contributed by atoms with Crippen molar-refractivity contribution >= 4 is 0 Å². The Morgan fingerprint density at radius 3 is 2.24 bits per heavy atom. The van der Waals surface area contributed by atoms with Gasteiger partial charge in [-0.15, -0.1) is 6.42 Å². The van der Waals surface area contributed by atoms with Gasteiger partial charge in [0.15, 0.2) is 0 Å². The summed E-state index contributed by atoms with van der Waals surface area (Å²) >= 11 is 0. The highest BCUT2D eigenvalue weighted by Gasteiger charge is 2.07. The lowest BCUT2D eigenvalue weighted by molar-refractivity contribution is 0.198. The van der Waals surface area contributed by atoms with Crippen molar-refractivity contribution in [2.45, 2.75) is 13.0 Å². The van der Waals surface area contributed by atoms with Gasteiger partial charge in [-0.05, 0) is 50.3 Å². The van der Waals surface area contributed by atoms with Gasteiger partial charge < -0.3 is 9.64 Å².